The van der Waals surface area contributed by atoms with Gasteiger partial charge in [-0.2, -0.15) is 0 Å². The Bertz CT molecular complexity index is 918. The van der Waals surface area contributed by atoms with E-state index >= 15 is 0 Å². The van der Waals surface area contributed by atoms with Crippen LogP contribution in [-0.4, -0.2) is 41.8 Å². The molecule has 0 heterocycles. The molecule has 0 aliphatic heterocycles. The molecule has 0 fully saturated rings. The molecule has 0 aromatic heterocycles. The first-order valence-corrected chi connectivity index (χ1v) is 8.95. The fraction of sp³-hybridized carbons (Fsp3) is 0.364. The van der Waals surface area contributed by atoms with E-state index in [0.717, 1.165) is 0 Å². The van der Waals surface area contributed by atoms with Crippen LogP contribution in [-0.2, 0) is 11.2 Å². The van der Waals surface area contributed by atoms with Crippen molar-refractivity contribution in [3.8, 4) is 23.0 Å². The number of carbonyl (C=O) groups excluding carboxylic acids is 1. The smallest absolute Gasteiger partial charge is 0.341 e. The van der Waals surface area contributed by atoms with Gasteiger partial charge in [0, 0.05) is 16.1 Å². The van der Waals surface area contributed by atoms with Crippen LogP contribution >= 0.6 is 0 Å². The summed E-state index contributed by atoms with van der Waals surface area (Å²) >= 11 is 0. The third-order valence-corrected chi connectivity index (χ3v) is 3.84. The number of phenols is 1. The molecule has 0 spiro atoms. The molecule has 0 aliphatic carbocycles. The van der Waals surface area contributed by atoms with Gasteiger partial charge in [-0.05, 0) is 49.7 Å². The highest BCUT2D eigenvalue weighted by atomic mass is 16.5. The van der Waals surface area contributed by atoms with E-state index in [1.54, 1.807) is 24.3 Å². The minimum absolute atomic E-state index is 0.0304. The third kappa shape index (κ3) is 6.71. The highest BCUT2D eigenvalue weighted by Crippen LogP contribution is 2.33. The molecule has 0 amide bonds. The van der Waals surface area contributed by atoms with Gasteiger partial charge in [-0.3, -0.25) is 4.79 Å². The molecule has 0 aliphatic rings. The molecule has 7 nitrogen and oxygen atoms in total. The molecule has 156 valence electrons. The summed E-state index contributed by atoms with van der Waals surface area (Å²) in [5.41, 5.74) is 0.0729. The van der Waals surface area contributed by atoms with Crippen LogP contribution in [0.25, 0.3) is 0 Å². The van der Waals surface area contributed by atoms with E-state index in [2.05, 4.69) is 0 Å². The van der Waals surface area contributed by atoms with E-state index in [-0.39, 0.29) is 41.9 Å². The first-order valence-electron chi connectivity index (χ1n) is 10.8. The van der Waals surface area contributed by atoms with Crippen LogP contribution in [0.4, 0.5) is 0 Å². The maximum Gasteiger partial charge on any atom is 0.341 e. The fourth-order valence-corrected chi connectivity index (χ4v) is 2.49. The number of Topliss-reactive ketones (excluding diaryl/α,β-unsaturated/α-hetero) is 1. The van der Waals surface area contributed by atoms with Crippen LogP contribution < -0.4 is 14.2 Å². The lowest BCUT2D eigenvalue weighted by Crippen LogP contribution is -2.09. The summed E-state index contributed by atoms with van der Waals surface area (Å²) in [5.74, 6) is -0.652. The predicted molar refractivity (Wildman–Crippen MR) is 107 cm³/mol. The Hall–Kier alpha value is -3.22. The van der Waals surface area contributed by atoms with Gasteiger partial charge in [-0.25, -0.2) is 4.79 Å². The average Bonchev–Trinajstić information content (AvgIpc) is 2.77. The van der Waals surface area contributed by atoms with Gasteiger partial charge in [-0.1, -0.05) is 13.3 Å². The Morgan fingerprint density at radius 2 is 1.69 bits per heavy atom. The van der Waals surface area contributed by atoms with Crippen molar-refractivity contribution in [2.45, 2.75) is 33.0 Å². The number of hydrogen-bond acceptors (Lipinski definition) is 6. The monoisotopic (exact) mass is 408 g/mol. The first kappa shape index (κ1) is 17.8. The molecule has 29 heavy (non-hydrogen) atoms. The number of phenolic OH excluding ortho intramolecular Hbond substituents is 1. The van der Waals surface area contributed by atoms with Crippen LogP contribution in [0.1, 0.15) is 46.7 Å². The summed E-state index contributed by atoms with van der Waals surface area (Å²) < 4.78 is 39.7. The number of ketones is 1. The van der Waals surface area contributed by atoms with Gasteiger partial charge in [0.05, 0.1) is 18.8 Å². The van der Waals surface area contributed by atoms with Gasteiger partial charge in [-0.15, -0.1) is 0 Å². The van der Waals surface area contributed by atoms with Gasteiger partial charge >= 0.3 is 5.97 Å². The second-order valence-corrected chi connectivity index (χ2v) is 6.04. The average molecular weight is 408 g/mol. The Morgan fingerprint density at radius 3 is 2.31 bits per heavy atom. The zero-order valence-corrected chi connectivity index (χ0v) is 16.1. The van der Waals surface area contributed by atoms with Crippen molar-refractivity contribution in [1.29, 1.82) is 0 Å². The Labute approximate surface area is 174 Å². The van der Waals surface area contributed by atoms with E-state index in [4.69, 9.17) is 23.4 Å². The van der Waals surface area contributed by atoms with Crippen molar-refractivity contribution in [3.63, 3.8) is 0 Å². The molecule has 2 aromatic rings. The number of aliphatic carboxylic acids is 1. The molecule has 7 heteroatoms. The number of hydrogen-bond donors (Lipinski definition) is 2. The molecular weight excluding hydrogens is 376 g/mol. The largest absolute Gasteiger partial charge is 0.507 e. The van der Waals surface area contributed by atoms with Crippen molar-refractivity contribution in [1.82, 2.24) is 0 Å². The quantitative estimate of drug-likeness (QED) is 0.406. The van der Waals surface area contributed by atoms with Gasteiger partial charge in [0.1, 0.15) is 23.0 Å². The number of ether oxygens (including phenoxy) is 3. The number of rotatable bonds is 12. The summed E-state index contributed by atoms with van der Waals surface area (Å²) in [6.45, 7) is 1.04. The van der Waals surface area contributed by atoms with Crippen molar-refractivity contribution in [2.75, 3.05) is 19.8 Å². The van der Waals surface area contributed by atoms with Crippen LogP contribution in [0.2, 0.25) is 0 Å². The second kappa shape index (κ2) is 10.9. The Balaban J connectivity index is 1.94. The van der Waals surface area contributed by atoms with E-state index in [9.17, 15) is 14.7 Å². The maximum absolute atomic E-state index is 11.7. The Morgan fingerprint density at radius 1 is 1.03 bits per heavy atom. The van der Waals surface area contributed by atoms with Crippen LogP contribution in [0, 0.1) is 0 Å². The van der Waals surface area contributed by atoms with E-state index in [1.807, 2.05) is 0 Å². The Kier molecular flexibility index (Phi) is 6.74. The minimum Gasteiger partial charge on any atom is -0.507 e. The number of benzene rings is 2. The summed E-state index contributed by atoms with van der Waals surface area (Å²) in [7, 11) is 0. The molecule has 2 atom stereocenters. The van der Waals surface area contributed by atoms with Gasteiger partial charge in [0.15, 0.2) is 12.4 Å². The first-order chi connectivity index (χ1) is 15.2. The molecule has 0 radical (unpaired) electrons. The van der Waals surface area contributed by atoms with Crippen LogP contribution in [0.15, 0.2) is 36.4 Å². The molecule has 2 rings (SSSR count). The van der Waals surface area contributed by atoms with Crippen molar-refractivity contribution >= 4 is 11.8 Å². The van der Waals surface area contributed by atoms with Crippen molar-refractivity contribution in [2.24, 2.45) is 0 Å². The molecular formula is C22H26O7. The minimum atomic E-state index is -1.24. The number of carbonyl (C=O) groups is 2. The third-order valence-electron chi connectivity index (χ3n) is 3.84. The molecule has 2 N–H and O–H groups in total. The number of carboxylic acid groups (broad SMARTS) is 1. The molecule has 0 saturated carbocycles. The SMILES string of the molecule is [3H]CC([3H])C([3H])c1c(OCCCOc2ccc(OCC(=O)O)cc2)ccc(C(C)=O)c1O. The van der Waals surface area contributed by atoms with Gasteiger partial charge in [0.25, 0.3) is 0 Å². The van der Waals surface area contributed by atoms with Crippen LogP contribution in [0.3, 0.4) is 0 Å². The highest BCUT2D eigenvalue weighted by molar-refractivity contribution is 5.97. The lowest BCUT2D eigenvalue weighted by atomic mass is 10.0. The lowest BCUT2D eigenvalue weighted by molar-refractivity contribution is -0.139. The fourth-order valence-electron chi connectivity index (χ4n) is 2.49. The summed E-state index contributed by atoms with van der Waals surface area (Å²) in [4.78, 5) is 22.2. The normalized spacial score (nSPS) is 14.0. The molecule has 0 saturated heterocycles. The highest BCUT2D eigenvalue weighted by Gasteiger charge is 2.15. The predicted octanol–water partition coefficient (Wildman–Crippen LogP) is 3.86. The summed E-state index contributed by atoms with van der Waals surface area (Å²) in [6.07, 6.45) is -1.87. The summed E-state index contributed by atoms with van der Waals surface area (Å²) in [5, 5.41) is 19.1. The molecule has 2 aromatic carbocycles. The maximum atomic E-state index is 11.7. The van der Waals surface area contributed by atoms with Gasteiger partial charge in [0.2, 0.25) is 0 Å². The number of carboxylic acids is 1. The topological polar surface area (TPSA) is 102 Å². The molecule has 0 bridgehead atoms. The van der Waals surface area contributed by atoms with Crippen LogP contribution in [0.5, 0.6) is 23.0 Å². The van der Waals surface area contributed by atoms with Crippen molar-refractivity contribution < 1.29 is 38.1 Å². The van der Waals surface area contributed by atoms with E-state index in [1.165, 1.54) is 19.1 Å². The zero-order valence-electron chi connectivity index (χ0n) is 19.1. The van der Waals surface area contributed by atoms with E-state index < -0.39 is 25.4 Å². The van der Waals surface area contributed by atoms with E-state index in [0.29, 0.717) is 24.5 Å². The van der Waals surface area contributed by atoms with Gasteiger partial charge < -0.3 is 24.4 Å². The number of aromatic hydroxyl groups is 1. The second-order valence-electron chi connectivity index (χ2n) is 6.04. The lowest BCUT2D eigenvalue weighted by Gasteiger charge is -2.15. The van der Waals surface area contributed by atoms with Crippen molar-refractivity contribution in [3.05, 3.63) is 47.5 Å². The molecule has 2 unspecified atom stereocenters. The summed E-state index contributed by atoms with van der Waals surface area (Å²) in [6, 6.07) is 9.38. The zero-order chi connectivity index (χ0) is 23.7. The standard InChI is InChI=1S/C22H26O7/c1-3-5-19-20(11-10-18(15(2)23)22(19)26)28-13-4-12-27-16-6-8-17(9-7-16)29-14-21(24)25/h6-11,26H,3-5,12-14H2,1-2H3,(H,24,25)/i1T,3T,5T.